The third kappa shape index (κ3) is 4.39. The van der Waals surface area contributed by atoms with Gasteiger partial charge in [-0.3, -0.25) is 9.59 Å². The number of benzene rings is 2. The number of nitrogens with zero attached hydrogens (tertiary/aromatic N) is 3. The van der Waals surface area contributed by atoms with Gasteiger partial charge < -0.3 is 9.80 Å². The second kappa shape index (κ2) is 8.90. The summed E-state index contributed by atoms with van der Waals surface area (Å²) in [6, 6.07) is 10.7. The number of carbonyl (C=O) groups is 1. The van der Waals surface area contributed by atoms with E-state index in [-0.39, 0.29) is 22.8 Å². The van der Waals surface area contributed by atoms with Crippen LogP contribution < -0.4 is 10.5 Å². The number of hydrogen-bond acceptors (Lipinski definition) is 4. The number of carbonyl (C=O) groups excluding carboxylic acids is 1. The van der Waals surface area contributed by atoms with Crippen LogP contribution in [0.4, 0.5) is 14.5 Å². The molecule has 166 valence electrons. The zero-order valence-corrected chi connectivity index (χ0v) is 18.0. The van der Waals surface area contributed by atoms with E-state index >= 15 is 0 Å². The summed E-state index contributed by atoms with van der Waals surface area (Å²) in [5, 5.41) is 6.58. The predicted molar refractivity (Wildman–Crippen MR) is 118 cm³/mol. The molecule has 6 nitrogen and oxygen atoms in total. The van der Waals surface area contributed by atoms with Crippen LogP contribution in [-0.4, -0.2) is 47.2 Å². The van der Waals surface area contributed by atoms with Crippen LogP contribution in [-0.2, 0) is 6.42 Å². The smallest absolute Gasteiger partial charge is 0.267 e. The highest BCUT2D eigenvalue weighted by Gasteiger charge is 2.25. The lowest BCUT2D eigenvalue weighted by Crippen LogP contribution is -2.49. The molecule has 8 heteroatoms. The number of nitrogens with one attached hydrogen (secondary N) is 1. The Kier molecular flexibility index (Phi) is 6.03. The monoisotopic (exact) mass is 438 g/mol. The second-order valence-corrected chi connectivity index (χ2v) is 8.00. The summed E-state index contributed by atoms with van der Waals surface area (Å²) in [5.74, 6) is -1.21. The SMILES string of the molecule is Cc1c(Cc2ccc(F)c(C(=O)N3CCN(c4ccc(F)cc4)CC3)c2)n[nH]c(=O)c1C. The fourth-order valence-corrected chi connectivity index (χ4v) is 3.87. The van der Waals surface area contributed by atoms with Gasteiger partial charge in [-0.2, -0.15) is 5.10 Å². The lowest BCUT2D eigenvalue weighted by Gasteiger charge is -2.36. The van der Waals surface area contributed by atoms with Crippen molar-refractivity contribution >= 4 is 11.6 Å². The predicted octanol–water partition coefficient (Wildman–Crippen LogP) is 3.22. The second-order valence-electron chi connectivity index (χ2n) is 8.00. The number of hydrogen-bond donors (Lipinski definition) is 1. The molecule has 1 fully saturated rings. The molecular weight excluding hydrogens is 414 g/mol. The molecule has 0 unspecified atom stereocenters. The third-order valence-electron chi connectivity index (χ3n) is 6.02. The van der Waals surface area contributed by atoms with Gasteiger partial charge in [-0.15, -0.1) is 0 Å². The molecule has 3 aromatic rings. The van der Waals surface area contributed by atoms with Crippen molar-refractivity contribution in [3.8, 4) is 0 Å². The first-order valence-electron chi connectivity index (χ1n) is 10.5. The number of amides is 1. The molecule has 1 aliphatic rings. The first-order chi connectivity index (χ1) is 15.3. The Hall–Kier alpha value is -3.55. The minimum absolute atomic E-state index is 0.0246. The van der Waals surface area contributed by atoms with E-state index in [2.05, 4.69) is 15.1 Å². The molecule has 0 spiro atoms. The summed E-state index contributed by atoms with van der Waals surface area (Å²) in [6.07, 6.45) is 0.377. The number of aromatic amines is 1. The molecule has 2 aromatic carbocycles. The van der Waals surface area contributed by atoms with E-state index in [1.165, 1.54) is 18.2 Å². The molecule has 2 heterocycles. The average Bonchev–Trinajstić information content (AvgIpc) is 2.81. The Morgan fingerprint density at radius 1 is 1.00 bits per heavy atom. The van der Waals surface area contributed by atoms with Gasteiger partial charge in [0.25, 0.3) is 11.5 Å². The van der Waals surface area contributed by atoms with Crippen molar-refractivity contribution in [3.63, 3.8) is 0 Å². The summed E-state index contributed by atoms with van der Waals surface area (Å²) in [5.41, 5.74) is 3.47. The van der Waals surface area contributed by atoms with Gasteiger partial charge in [-0.25, -0.2) is 13.9 Å². The van der Waals surface area contributed by atoms with Gasteiger partial charge >= 0.3 is 0 Å². The van der Waals surface area contributed by atoms with Crippen LogP contribution in [0.1, 0.15) is 32.7 Å². The molecule has 0 saturated carbocycles. The van der Waals surface area contributed by atoms with Crippen LogP contribution in [0.2, 0.25) is 0 Å². The zero-order valence-electron chi connectivity index (χ0n) is 18.0. The minimum atomic E-state index is -0.568. The van der Waals surface area contributed by atoms with Crippen molar-refractivity contribution in [2.24, 2.45) is 0 Å². The number of rotatable bonds is 4. The molecule has 32 heavy (non-hydrogen) atoms. The normalized spacial score (nSPS) is 14.0. The van der Waals surface area contributed by atoms with Crippen LogP contribution in [0.3, 0.4) is 0 Å². The first kappa shape index (κ1) is 21.7. The number of H-pyrrole nitrogens is 1. The van der Waals surface area contributed by atoms with E-state index in [0.717, 1.165) is 16.8 Å². The molecule has 0 aliphatic carbocycles. The maximum Gasteiger partial charge on any atom is 0.267 e. The number of aromatic nitrogens is 2. The van der Waals surface area contributed by atoms with Crippen LogP contribution in [0.15, 0.2) is 47.3 Å². The minimum Gasteiger partial charge on any atom is -0.368 e. The summed E-state index contributed by atoms with van der Waals surface area (Å²) >= 11 is 0. The molecular formula is C24H24F2N4O2. The fourth-order valence-electron chi connectivity index (χ4n) is 3.87. The first-order valence-corrected chi connectivity index (χ1v) is 10.5. The number of anilines is 1. The van der Waals surface area contributed by atoms with E-state index in [9.17, 15) is 18.4 Å². The van der Waals surface area contributed by atoms with E-state index in [1.54, 1.807) is 36.1 Å². The van der Waals surface area contributed by atoms with Crippen molar-refractivity contribution in [3.05, 3.63) is 92.4 Å². The molecule has 1 aromatic heterocycles. The average molecular weight is 438 g/mol. The Morgan fingerprint density at radius 3 is 2.38 bits per heavy atom. The quantitative estimate of drug-likeness (QED) is 0.679. The zero-order chi connectivity index (χ0) is 22.8. The van der Waals surface area contributed by atoms with Crippen molar-refractivity contribution in [2.75, 3.05) is 31.1 Å². The highest BCUT2D eigenvalue weighted by atomic mass is 19.1. The molecule has 4 rings (SSSR count). The van der Waals surface area contributed by atoms with E-state index in [1.807, 2.05) is 6.92 Å². The third-order valence-corrected chi connectivity index (χ3v) is 6.02. The Balaban J connectivity index is 1.48. The lowest BCUT2D eigenvalue weighted by atomic mass is 10.0. The Bertz CT molecular complexity index is 1200. The summed E-state index contributed by atoms with van der Waals surface area (Å²) < 4.78 is 27.7. The van der Waals surface area contributed by atoms with Gasteiger partial charge in [-0.1, -0.05) is 6.07 Å². The van der Waals surface area contributed by atoms with E-state index in [0.29, 0.717) is 43.9 Å². The lowest BCUT2D eigenvalue weighted by molar-refractivity contribution is 0.0742. The molecule has 1 aliphatic heterocycles. The molecule has 1 N–H and O–H groups in total. The largest absolute Gasteiger partial charge is 0.368 e. The van der Waals surface area contributed by atoms with Gasteiger partial charge in [0, 0.05) is 43.9 Å². The fraction of sp³-hybridized carbons (Fsp3) is 0.292. The van der Waals surface area contributed by atoms with Crippen molar-refractivity contribution < 1.29 is 13.6 Å². The highest BCUT2D eigenvalue weighted by Crippen LogP contribution is 2.20. The molecule has 0 bridgehead atoms. The topological polar surface area (TPSA) is 69.3 Å². The van der Waals surface area contributed by atoms with Gasteiger partial charge in [0.15, 0.2) is 0 Å². The van der Waals surface area contributed by atoms with Gasteiger partial charge in [0.2, 0.25) is 0 Å². The Labute approximate surface area is 184 Å². The number of halogens is 2. The van der Waals surface area contributed by atoms with Gasteiger partial charge in [-0.05, 0) is 61.4 Å². The highest BCUT2D eigenvalue weighted by molar-refractivity contribution is 5.95. The van der Waals surface area contributed by atoms with Crippen molar-refractivity contribution in [2.45, 2.75) is 20.3 Å². The summed E-state index contributed by atoms with van der Waals surface area (Å²) in [7, 11) is 0. The molecule has 0 radical (unpaired) electrons. The molecule has 0 atom stereocenters. The van der Waals surface area contributed by atoms with Crippen LogP contribution in [0.25, 0.3) is 0 Å². The van der Waals surface area contributed by atoms with Crippen LogP contribution >= 0.6 is 0 Å². The van der Waals surface area contributed by atoms with Crippen LogP contribution in [0, 0.1) is 25.5 Å². The molecule has 1 amide bonds. The maximum atomic E-state index is 14.5. The van der Waals surface area contributed by atoms with E-state index in [4.69, 9.17) is 0 Å². The molecule has 1 saturated heterocycles. The standard InChI is InChI=1S/C24H24F2N4O2/c1-15-16(2)23(31)28-27-22(15)14-17-3-8-21(26)20(13-17)24(32)30-11-9-29(10-12-30)19-6-4-18(25)5-7-19/h3-8,13H,9-12,14H2,1-2H3,(H,28,31). The summed E-state index contributed by atoms with van der Waals surface area (Å²) in [6.45, 7) is 5.60. The number of piperazine rings is 1. The van der Waals surface area contributed by atoms with Crippen LogP contribution in [0.5, 0.6) is 0 Å². The Morgan fingerprint density at radius 2 is 1.69 bits per heavy atom. The summed E-state index contributed by atoms with van der Waals surface area (Å²) in [4.78, 5) is 28.4. The van der Waals surface area contributed by atoms with Crippen molar-refractivity contribution in [1.82, 2.24) is 15.1 Å². The van der Waals surface area contributed by atoms with E-state index < -0.39 is 5.82 Å². The van der Waals surface area contributed by atoms with Gasteiger partial charge in [0.1, 0.15) is 11.6 Å². The van der Waals surface area contributed by atoms with Crippen molar-refractivity contribution in [1.29, 1.82) is 0 Å². The van der Waals surface area contributed by atoms with Gasteiger partial charge in [0.05, 0.1) is 11.3 Å². The maximum absolute atomic E-state index is 14.5.